The Labute approximate surface area is 188 Å². The highest BCUT2D eigenvalue weighted by Gasteiger charge is 2.16. The third-order valence-electron chi connectivity index (χ3n) is 4.92. The van der Waals surface area contributed by atoms with Crippen molar-refractivity contribution >= 4 is 40.3 Å². The molecule has 10 heteroatoms. The minimum absolute atomic E-state index is 0.0699. The highest BCUT2D eigenvalue weighted by Crippen LogP contribution is 2.34. The summed E-state index contributed by atoms with van der Waals surface area (Å²) in [5.41, 5.74) is 1.97. The van der Waals surface area contributed by atoms with Gasteiger partial charge in [0.1, 0.15) is 0 Å². The predicted molar refractivity (Wildman–Crippen MR) is 122 cm³/mol. The summed E-state index contributed by atoms with van der Waals surface area (Å²) >= 11 is 1.11. The molecule has 0 atom stereocenters. The largest absolute Gasteiger partial charge is 0.454 e. The molecule has 3 amide bonds. The topological polar surface area (TPSA) is 112 Å². The average Bonchev–Trinajstić information content (AvgIpc) is 3.25. The number of benzene rings is 2. The average molecular weight is 455 g/mol. The van der Waals surface area contributed by atoms with Crippen LogP contribution in [-0.4, -0.2) is 34.0 Å². The second-order valence-electron chi connectivity index (χ2n) is 7.01. The Morgan fingerprint density at radius 3 is 2.72 bits per heavy atom. The van der Waals surface area contributed by atoms with Crippen LogP contribution >= 0.6 is 11.8 Å². The summed E-state index contributed by atoms with van der Waals surface area (Å²) in [7, 11) is 0. The maximum absolute atomic E-state index is 12.9. The van der Waals surface area contributed by atoms with Gasteiger partial charge < -0.3 is 14.8 Å². The van der Waals surface area contributed by atoms with Gasteiger partial charge >= 0.3 is 6.03 Å². The van der Waals surface area contributed by atoms with E-state index in [9.17, 15) is 14.4 Å². The van der Waals surface area contributed by atoms with Crippen LogP contribution < -0.4 is 25.7 Å². The lowest BCUT2D eigenvalue weighted by molar-refractivity contribution is -0.117. The van der Waals surface area contributed by atoms with Crippen molar-refractivity contribution < 1.29 is 19.1 Å². The van der Waals surface area contributed by atoms with E-state index >= 15 is 0 Å². The zero-order valence-electron chi connectivity index (χ0n) is 17.6. The van der Waals surface area contributed by atoms with Crippen molar-refractivity contribution in [3.8, 4) is 11.5 Å². The molecule has 0 fully saturated rings. The van der Waals surface area contributed by atoms with Gasteiger partial charge in [-0.3, -0.25) is 19.5 Å². The van der Waals surface area contributed by atoms with E-state index in [0.29, 0.717) is 39.8 Å². The Balaban J connectivity index is 1.41. The molecule has 0 radical (unpaired) electrons. The van der Waals surface area contributed by atoms with Gasteiger partial charge in [0.25, 0.3) is 5.56 Å². The van der Waals surface area contributed by atoms with E-state index in [1.54, 1.807) is 18.2 Å². The molecule has 1 aromatic heterocycles. The molecule has 2 N–H and O–H groups in total. The van der Waals surface area contributed by atoms with E-state index in [1.165, 1.54) is 4.57 Å². The summed E-state index contributed by atoms with van der Waals surface area (Å²) in [5.74, 6) is 0.543. The zero-order chi connectivity index (χ0) is 22.7. The molecule has 32 heavy (non-hydrogen) atoms. The minimum Gasteiger partial charge on any atom is -0.454 e. The quantitative estimate of drug-likeness (QED) is 0.435. The maximum Gasteiger partial charge on any atom is 0.325 e. The van der Waals surface area contributed by atoms with Crippen molar-refractivity contribution in [3.05, 3.63) is 52.3 Å². The summed E-state index contributed by atoms with van der Waals surface area (Å²) < 4.78 is 12.0. The number of nitrogens with zero attached hydrogens (tertiary/aromatic N) is 2. The van der Waals surface area contributed by atoms with Crippen LogP contribution in [0.1, 0.15) is 19.4 Å². The first-order chi connectivity index (χ1) is 15.5. The number of thioether (sulfide) groups is 1. The van der Waals surface area contributed by atoms with E-state index < -0.39 is 11.9 Å². The molecule has 2 aromatic carbocycles. The normalized spacial score (nSPS) is 12.1. The summed E-state index contributed by atoms with van der Waals surface area (Å²) in [4.78, 5) is 41.9. The van der Waals surface area contributed by atoms with Crippen molar-refractivity contribution in [2.45, 2.75) is 32.0 Å². The van der Waals surface area contributed by atoms with Crippen LogP contribution in [0.5, 0.6) is 11.5 Å². The van der Waals surface area contributed by atoms with Crippen molar-refractivity contribution in [2.75, 3.05) is 17.9 Å². The lowest BCUT2D eigenvalue weighted by Crippen LogP contribution is -2.35. The van der Waals surface area contributed by atoms with Gasteiger partial charge in [-0.1, -0.05) is 24.8 Å². The van der Waals surface area contributed by atoms with Crippen molar-refractivity contribution in [3.63, 3.8) is 0 Å². The highest BCUT2D eigenvalue weighted by atomic mass is 32.2. The van der Waals surface area contributed by atoms with Gasteiger partial charge in [-0.05, 0) is 43.2 Å². The summed E-state index contributed by atoms with van der Waals surface area (Å²) in [6.07, 6.45) is 0.826. The first-order valence-corrected chi connectivity index (χ1v) is 11.1. The van der Waals surface area contributed by atoms with Gasteiger partial charge in [-0.25, -0.2) is 9.78 Å². The van der Waals surface area contributed by atoms with Crippen molar-refractivity contribution in [2.24, 2.45) is 0 Å². The number of aromatic nitrogens is 2. The van der Waals surface area contributed by atoms with E-state index in [1.807, 2.05) is 32.0 Å². The van der Waals surface area contributed by atoms with Gasteiger partial charge in [0.15, 0.2) is 16.7 Å². The molecule has 9 nitrogen and oxygen atoms in total. The first kappa shape index (κ1) is 21.7. The summed E-state index contributed by atoms with van der Waals surface area (Å²) in [5, 5.41) is 5.84. The number of ether oxygens (including phenoxy) is 2. The predicted octanol–water partition coefficient (Wildman–Crippen LogP) is 3.15. The molecule has 4 rings (SSSR count). The van der Waals surface area contributed by atoms with Crippen LogP contribution in [-0.2, 0) is 17.8 Å². The Kier molecular flexibility index (Phi) is 6.31. The van der Waals surface area contributed by atoms with Crippen LogP contribution in [0.4, 0.5) is 10.5 Å². The fraction of sp³-hybridized carbons (Fsp3) is 0.273. The number of hydrogen-bond donors (Lipinski definition) is 2. The van der Waals surface area contributed by atoms with Crippen LogP contribution in [0.25, 0.3) is 10.9 Å². The minimum atomic E-state index is -0.666. The number of urea groups is 1. The molecule has 0 aliphatic carbocycles. The lowest BCUT2D eigenvalue weighted by atomic mass is 10.1. The number of fused-ring (bicyclic) bond motifs is 2. The van der Waals surface area contributed by atoms with Gasteiger partial charge in [0.2, 0.25) is 12.7 Å². The molecule has 0 unspecified atom stereocenters. The Morgan fingerprint density at radius 2 is 1.94 bits per heavy atom. The Bertz CT molecular complexity index is 1260. The smallest absolute Gasteiger partial charge is 0.325 e. The molecular formula is C22H22N4O5S. The number of nitrogens with one attached hydrogen (secondary N) is 2. The number of imide groups is 1. The second kappa shape index (κ2) is 9.31. The summed E-state index contributed by atoms with van der Waals surface area (Å²) in [6.45, 7) is 4.43. The van der Waals surface area contributed by atoms with Crippen LogP contribution in [0, 0.1) is 0 Å². The monoisotopic (exact) mass is 454 g/mol. The van der Waals surface area contributed by atoms with E-state index in [2.05, 4.69) is 15.6 Å². The van der Waals surface area contributed by atoms with Crippen LogP contribution in [0.2, 0.25) is 0 Å². The maximum atomic E-state index is 12.9. The molecule has 1 aliphatic heterocycles. The summed E-state index contributed by atoms with van der Waals surface area (Å²) in [6, 6.07) is 9.89. The highest BCUT2D eigenvalue weighted by molar-refractivity contribution is 7.99. The molecule has 0 saturated carbocycles. The molecule has 0 spiro atoms. The molecule has 2 heterocycles. The number of carbonyl (C=O) groups is 2. The SMILES string of the molecule is CCc1ccc2nc(SCC(=O)NC(=O)Nc3ccc4c(c3)OCO4)n(CC)c(=O)c2c1. The Hall–Kier alpha value is -3.53. The molecule has 0 saturated heterocycles. The molecule has 166 valence electrons. The van der Waals surface area contributed by atoms with Gasteiger partial charge in [0, 0.05) is 18.3 Å². The number of hydrogen-bond acceptors (Lipinski definition) is 7. The van der Waals surface area contributed by atoms with Crippen molar-refractivity contribution in [1.29, 1.82) is 0 Å². The molecule has 1 aliphatic rings. The van der Waals surface area contributed by atoms with E-state index in [0.717, 1.165) is 23.7 Å². The number of rotatable bonds is 6. The molecular weight excluding hydrogens is 432 g/mol. The number of amides is 3. The van der Waals surface area contributed by atoms with Crippen molar-refractivity contribution in [1.82, 2.24) is 14.9 Å². The third kappa shape index (κ3) is 4.54. The second-order valence-corrected chi connectivity index (χ2v) is 7.95. The van der Waals surface area contributed by atoms with E-state index in [-0.39, 0.29) is 18.1 Å². The van der Waals surface area contributed by atoms with Crippen LogP contribution in [0.3, 0.4) is 0 Å². The molecule has 3 aromatic rings. The standard InChI is InChI=1S/C22H22N4O5S/c1-3-13-5-7-16-15(9-13)20(28)26(4-2)22(24-16)32-11-19(27)25-21(29)23-14-6-8-17-18(10-14)31-12-30-17/h5-10H,3-4,11-12H2,1-2H3,(H2,23,25,27,29). The zero-order valence-corrected chi connectivity index (χ0v) is 18.5. The third-order valence-corrected chi connectivity index (χ3v) is 5.90. The fourth-order valence-electron chi connectivity index (χ4n) is 3.29. The van der Waals surface area contributed by atoms with E-state index in [4.69, 9.17) is 9.47 Å². The molecule has 0 bridgehead atoms. The number of anilines is 1. The number of aryl methyl sites for hydroxylation is 1. The van der Waals surface area contributed by atoms with Crippen LogP contribution in [0.15, 0.2) is 46.3 Å². The lowest BCUT2D eigenvalue weighted by Gasteiger charge is -2.12. The first-order valence-electron chi connectivity index (χ1n) is 10.1. The van der Waals surface area contributed by atoms with Gasteiger partial charge in [-0.2, -0.15) is 0 Å². The number of carbonyl (C=O) groups excluding carboxylic acids is 2. The Morgan fingerprint density at radius 1 is 1.12 bits per heavy atom. The van der Waals surface area contributed by atoms with Gasteiger partial charge in [0.05, 0.1) is 16.7 Å². The van der Waals surface area contributed by atoms with Gasteiger partial charge in [-0.15, -0.1) is 0 Å². The fourth-order valence-corrected chi connectivity index (χ4v) is 4.15.